The first kappa shape index (κ1) is 17.9. The molecule has 1 aliphatic rings. The maximum Gasteiger partial charge on any atom is 0.225 e. The Labute approximate surface area is 154 Å². The summed E-state index contributed by atoms with van der Waals surface area (Å²) >= 11 is 0. The summed E-state index contributed by atoms with van der Waals surface area (Å²) in [6.07, 6.45) is 3.97. The predicted octanol–water partition coefficient (Wildman–Crippen LogP) is 3.92. The highest BCUT2D eigenvalue weighted by atomic mass is 16.2. The minimum atomic E-state index is -0.263. The van der Waals surface area contributed by atoms with Crippen LogP contribution in [-0.2, 0) is 16.1 Å². The molecule has 3 rings (SSSR count). The van der Waals surface area contributed by atoms with E-state index in [4.69, 9.17) is 0 Å². The lowest BCUT2D eigenvalue weighted by Gasteiger charge is -2.33. The van der Waals surface area contributed by atoms with Crippen molar-refractivity contribution < 1.29 is 9.59 Å². The molecule has 1 aliphatic heterocycles. The van der Waals surface area contributed by atoms with Crippen LogP contribution in [0.15, 0.2) is 54.7 Å². The van der Waals surface area contributed by atoms with Gasteiger partial charge in [0.05, 0.1) is 12.5 Å². The van der Waals surface area contributed by atoms with E-state index in [1.165, 1.54) is 12.5 Å². The average Bonchev–Trinajstić information content (AvgIpc) is 2.63. The van der Waals surface area contributed by atoms with Gasteiger partial charge in [-0.05, 0) is 35.3 Å². The molecule has 1 heterocycles. The van der Waals surface area contributed by atoms with E-state index in [0.717, 1.165) is 16.7 Å². The molecule has 134 valence electrons. The van der Waals surface area contributed by atoms with Crippen molar-refractivity contribution in [2.75, 3.05) is 7.05 Å². The molecule has 0 bridgehead atoms. The zero-order valence-electron chi connectivity index (χ0n) is 15.5. The Hall–Kier alpha value is -2.88. The second kappa shape index (κ2) is 7.56. The van der Waals surface area contributed by atoms with Crippen LogP contribution in [0.2, 0.25) is 0 Å². The Morgan fingerprint density at radius 1 is 1.08 bits per heavy atom. The van der Waals surface area contributed by atoms with Crippen molar-refractivity contribution in [1.29, 1.82) is 0 Å². The Kier molecular flexibility index (Phi) is 5.21. The van der Waals surface area contributed by atoms with E-state index in [9.17, 15) is 9.59 Å². The molecule has 0 radical (unpaired) electrons. The van der Waals surface area contributed by atoms with Crippen molar-refractivity contribution in [1.82, 2.24) is 9.80 Å². The number of fused-ring (bicyclic) bond motifs is 1. The highest BCUT2D eigenvalue weighted by Crippen LogP contribution is 2.33. The minimum Gasteiger partial charge on any atom is -0.341 e. The molecule has 0 fully saturated rings. The summed E-state index contributed by atoms with van der Waals surface area (Å²) in [6.45, 7) is 4.15. The van der Waals surface area contributed by atoms with E-state index in [1.807, 2.05) is 68.6 Å². The normalized spacial score (nSPS) is 15.5. The topological polar surface area (TPSA) is 40.6 Å². The summed E-state index contributed by atoms with van der Waals surface area (Å²) in [5.74, 6) is -0.0373. The smallest absolute Gasteiger partial charge is 0.225 e. The van der Waals surface area contributed by atoms with E-state index < -0.39 is 0 Å². The molecule has 0 N–H and O–H groups in total. The number of hydrogen-bond donors (Lipinski definition) is 0. The monoisotopic (exact) mass is 348 g/mol. The van der Waals surface area contributed by atoms with Crippen LogP contribution in [0, 0.1) is 6.92 Å². The molecule has 2 amide bonds. The molecule has 2 aromatic carbocycles. The van der Waals surface area contributed by atoms with Crippen LogP contribution in [0.5, 0.6) is 0 Å². The Morgan fingerprint density at radius 3 is 2.50 bits per heavy atom. The number of hydrogen-bond acceptors (Lipinski definition) is 2. The fourth-order valence-electron chi connectivity index (χ4n) is 3.37. The van der Waals surface area contributed by atoms with Crippen LogP contribution >= 0.6 is 0 Å². The second-order valence-electron chi connectivity index (χ2n) is 6.77. The van der Waals surface area contributed by atoms with Crippen molar-refractivity contribution in [3.05, 3.63) is 77.0 Å². The van der Waals surface area contributed by atoms with Crippen molar-refractivity contribution in [3.8, 4) is 0 Å². The van der Waals surface area contributed by atoms with Gasteiger partial charge < -0.3 is 9.80 Å². The Morgan fingerprint density at radius 2 is 1.77 bits per heavy atom. The standard InChI is InChI=1S/C22H24N2O2/c1-16-8-4-5-10-19(16)15-23(3)22(26)14-21-20-11-7-6-9-18(20)12-13-24(21)17(2)25/h4-13,21H,14-15H2,1-3H3/t21-/m1/s1. The number of carbonyl (C=O) groups is 2. The Balaban J connectivity index is 1.79. The molecule has 0 spiro atoms. The number of benzene rings is 2. The van der Waals surface area contributed by atoms with Gasteiger partial charge in [0.1, 0.15) is 0 Å². The maximum atomic E-state index is 12.9. The Bertz CT molecular complexity index is 857. The molecular weight excluding hydrogens is 324 g/mol. The van der Waals surface area contributed by atoms with Gasteiger partial charge in [-0.25, -0.2) is 0 Å². The van der Waals surface area contributed by atoms with Gasteiger partial charge in [0.25, 0.3) is 0 Å². The van der Waals surface area contributed by atoms with Crippen molar-refractivity contribution in [2.24, 2.45) is 0 Å². The van der Waals surface area contributed by atoms with Gasteiger partial charge in [-0.15, -0.1) is 0 Å². The SMILES string of the molecule is CC(=O)N1C=Cc2ccccc2[C@H]1CC(=O)N(C)Cc1ccccc1C. The molecule has 0 saturated carbocycles. The van der Waals surface area contributed by atoms with Gasteiger partial charge in [-0.1, -0.05) is 48.5 Å². The predicted molar refractivity (Wildman–Crippen MR) is 103 cm³/mol. The van der Waals surface area contributed by atoms with Gasteiger partial charge in [0.15, 0.2) is 0 Å². The molecule has 4 heteroatoms. The lowest BCUT2D eigenvalue weighted by atomic mass is 9.93. The molecular formula is C22H24N2O2. The van der Waals surface area contributed by atoms with Crippen molar-refractivity contribution in [2.45, 2.75) is 32.9 Å². The van der Waals surface area contributed by atoms with Gasteiger partial charge in [-0.3, -0.25) is 9.59 Å². The highest BCUT2D eigenvalue weighted by molar-refractivity contribution is 5.81. The first-order valence-corrected chi connectivity index (χ1v) is 8.82. The fraction of sp³-hybridized carbons (Fsp3) is 0.273. The number of rotatable bonds is 4. The molecule has 4 nitrogen and oxygen atoms in total. The van der Waals surface area contributed by atoms with Gasteiger partial charge in [0.2, 0.25) is 11.8 Å². The van der Waals surface area contributed by atoms with Crippen molar-refractivity contribution >= 4 is 17.9 Å². The summed E-state index contributed by atoms with van der Waals surface area (Å²) in [6, 6.07) is 15.7. The van der Waals surface area contributed by atoms with Crippen LogP contribution in [0.1, 0.15) is 41.6 Å². The quantitative estimate of drug-likeness (QED) is 0.840. The lowest BCUT2D eigenvalue weighted by molar-refractivity contribution is -0.134. The molecule has 1 atom stereocenters. The summed E-state index contributed by atoms with van der Waals surface area (Å²) in [4.78, 5) is 28.3. The maximum absolute atomic E-state index is 12.9. The summed E-state index contributed by atoms with van der Waals surface area (Å²) in [5, 5.41) is 0. The van der Waals surface area contributed by atoms with Crippen LogP contribution in [-0.4, -0.2) is 28.7 Å². The van der Waals surface area contributed by atoms with E-state index in [2.05, 4.69) is 0 Å². The number of nitrogens with zero attached hydrogens (tertiary/aromatic N) is 2. The third-order valence-corrected chi connectivity index (χ3v) is 4.93. The van der Waals surface area contributed by atoms with E-state index in [0.29, 0.717) is 6.54 Å². The summed E-state index contributed by atoms with van der Waals surface area (Å²) in [7, 11) is 1.82. The summed E-state index contributed by atoms with van der Waals surface area (Å²) in [5.41, 5.74) is 4.38. The lowest BCUT2D eigenvalue weighted by Crippen LogP contribution is -2.35. The van der Waals surface area contributed by atoms with Crippen LogP contribution in [0.4, 0.5) is 0 Å². The van der Waals surface area contributed by atoms with Crippen LogP contribution < -0.4 is 0 Å². The van der Waals surface area contributed by atoms with E-state index in [-0.39, 0.29) is 24.3 Å². The number of amides is 2. The fourth-order valence-corrected chi connectivity index (χ4v) is 3.37. The highest BCUT2D eigenvalue weighted by Gasteiger charge is 2.29. The molecule has 26 heavy (non-hydrogen) atoms. The summed E-state index contributed by atoms with van der Waals surface area (Å²) < 4.78 is 0. The zero-order valence-corrected chi connectivity index (χ0v) is 15.5. The van der Waals surface area contributed by atoms with Gasteiger partial charge in [0, 0.05) is 26.7 Å². The molecule has 0 aromatic heterocycles. The molecule has 0 unspecified atom stereocenters. The van der Waals surface area contributed by atoms with E-state index in [1.54, 1.807) is 16.0 Å². The van der Waals surface area contributed by atoms with Crippen LogP contribution in [0.25, 0.3) is 6.08 Å². The third kappa shape index (κ3) is 3.69. The minimum absolute atomic E-state index is 0.0228. The van der Waals surface area contributed by atoms with Crippen molar-refractivity contribution in [3.63, 3.8) is 0 Å². The largest absolute Gasteiger partial charge is 0.341 e. The van der Waals surface area contributed by atoms with Gasteiger partial charge >= 0.3 is 0 Å². The third-order valence-electron chi connectivity index (χ3n) is 4.93. The molecule has 2 aromatic rings. The van der Waals surface area contributed by atoms with Crippen LogP contribution in [0.3, 0.4) is 0 Å². The second-order valence-corrected chi connectivity index (χ2v) is 6.77. The average molecular weight is 348 g/mol. The number of carbonyl (C=O) groups excluding carboxylic acids is 2. The van der Waals surface area contributed by atoms with Gasteiger partial charge in [-0.2, -0.15) is 0 Å². The molecule has 0 saturated heterocycles. The number of aryl methyl sites for hydroxylation is 1. The first-order valence-electron chi connectivity index (χ1n) is 8.82. The molecule has 0 aliphatic carbocycles. The first-order chi connectivity index (χ1) is 12.5. The zero-order chi connectivity index (χ0) is 18.7. The van der Waals surface area contributed by atoms with E-state index >= 15 is 0 Å².